The summed E-state index contributed by atoms with van der Waals surface area (Å²) in [5.41, 5.74) is 4.76. The number of hydrogen-bond donors (Lipinski definition) is 3. The first-order valence-electron chi connectivity index (χ1n) is 14.9. The average molecular weight is 614 g/mol. The molecule has 0 bridgehead atoms. The number of carbonyl (C=O) groups excluding carboxylic acids is 1. The molecule has 0 aliphatic carbocycles. The monoisotopic (exact) mass is 613 g/mol. The first kappa shape index (κ1) is 31.0. The summed E-state index contributed by atoms with van der Waals surface area (Å²) < 4.78 is 0. The minimum Gasteiger partial charge on any atom is -0.465 e. The van der Waals surface area contributed by atoms with E-state index in [1.165, 1.54) is 16.2 Å². The van der Waals surface area contributed by atoms with Crippen LogP contribution in [0.1, 0.15) is 22.4 Å². The van der Waals surface area contributed by atoms with Gasteiger partial charge in [-0.25, -0.2) is 9.59 Å². The van der Waals surface area contributed by atoms with E-state index < -0.39 is 24.3 Å². The minimum atomic E-state index is -1.11. The number of aliphatic hydroxyl groups is 1. The van der Waals surface area contributed by atoms with E-state index in [1.807, 2.05) is 83.8 Å². The van der Waals surface area contributed by atoms with E-state index in [1.54, 1.807) is 11.7 Å². The van der Waals surface area contributed by atoms with Gasteiger partial charge in [-0.1, -0.05) is 78.9 Å². The third-order valence-corrected chi connectivity index (χ3v) is 8.82. The Morgan fingerprint density at radius 2 is 1.45 bits per heavy atom. The Labute approximate surface area is 262 Å². The fourth-order valence-electron chi connectivity index (χ4n) is 5.74. The van der Waals surface area contributed by atoms with Crippen molar-refractivity contribution in [3.8, 4) is 0 Å². The normalized spacial score (nSPS) is 15.3. The number of aromatic nitrogens is 1. The number of para-hydroxylation sites is 1. The van der Waals surface area contributed by atoms with Gasteiger partial charge in [-0.05, 0) is 42.5 Å². The van der Waals surface area contributed by atoms with E-state index in [0.717, 1.165) is 34.8 Å². The van der Waals surface area contributed by atoms with Crippen LogP contribution in [0.15, 0.2) is 103 Å². The molecule has 3 aromatic carbocycles. The topological polar surface area (TPSA) is 109 Å². The van der Waals surface area contributed by atoms with Crippen LogP contribution in [0.3, 0.4) is 0 Å². The lowest BCUT2D eigenvalue weighted by Crippen LogP contribution is -2.55. The Balaban J connectivity index is 1.32. The molecule has 5 rings (SSSR count). The standard InChI is InChI=1S/C34H39N5O4S/c40-32(31(21-27-12-6-2-7-13-27)39(34(42)43)24-30-23-35-25-44-30)22-28(20-26-10-4-1-5-11-26)36-33(41)38-18-16-37(17-19-38)29-14-8-3-9-15-29/h1-15,23,25,28,31-32,40H,16-22,24H2,(H,36,41)(H,42,43)/t28-,31-,32+/m0/s1. The zero-order valence-electron chi connectivity index (χ0n) is 24.6. The van der Waals surface area contributed by atoms with Gasteiger partial charge in [0.05, 0.1) is 24.2 Å². The third kappa shape index (κ3) is 8.58. The van der Waals surface area contributed by atoms with Crippen LogP contribution in [-0.2, 0) is 19.4 Å². The molecule has 4 aromatic rings. The van der Waals surface area contributed by atoms with Crippen LogP contribution in [0.2, 0.25) is 0 Å². The zero-order valence-corrected chi connectivity index (χ0v) is 25.4. The van der Waals surface area contributed by atoms with Crippen molar-refractivity contribution in [2.24, 2.45) is 0 Å². The Morgan fingerprint density at radius 3 is 2.02 bits per heavy atom. The van der Waals surface area contributed by atoms with Crippen LogP contribution < -0.4 is 10.2 Å². The van der Waals surface area contributed by atoms with Gasteiger partial charge in [0.2, 0.25) is 0 Å². The largest absolute Gasteiger partial charge is 0.465 e. The number of nitrogens with one attached hydrogen (secondary N) is 1. The van der Waals surface area contributed by atoms with Crippen LogP contribution in [0.25, 0.3) is 0 Å². The molecule has 3 atom stereocenters. The number of amides is 3. The number of thiazole rings is 1. The van der Waals surface area contributed by atoms with Crippen molar-refractivity contribution in [1.29, 1.82) is 0 Å². The van der Waals surface area contributed by atoms with E-state index in [-0.39, 0.29) is 19.0 Å². The fourth-order valence-corrected chi connectivity index (χ4v) is 6.33. The lowest BCUT2D eigenvalue weighted by molar-refractivity contribution is 0.0347. The molecule has 3 amide bonds. The summed E-state index contributed by atoms with van der Waals surface area (Å²) in [6.07, 6.45) is 0.534. The summed E-state index contributed by atoms with van der Waals surface area (Å²) in [6, 6.07) is 28.3. The number of piperazine rings is 1. The second-order valence-electron chi connectivity index (χ2n) is 11.1. The number of anilines is 1. The maximum atomic E-state index is 13.5. The molecule has 10 heteroatoms. The SMILES string of the molecule is O=C(N[C@@H](Cc1ccccc1)C[C@@H](O)[C@H](Cc1ccccc1)N(Cc1cncs1)C(=O)O)N1CCN(c2ccccc2)CC1. The number of carbonyl (C=O) groups is 2. The second kappa shape index (κ2) is 15.4. The van der Waals surface area contributed by atoms with Crippen molar-refractivity contribution < 1.29 is 19.8 Å². The molecule has 0 unspecified atom stereocenters. The maximum absolute atomic E-state index is 13.5. The van der Waals surface area contributed by atoms with Gasteiger partial charge >= 0.3 is 12.1 Å². The van der Waals surface area contributed by atoms with Gasteiger partial charge in [0, 0.05) is 49.0 Å². The fraction of sp³-hybridized carbons (Fsp3) is 0.324. The van der Waals surface area contributed by atoms with E-state index >= 15 is 0 Å². The summed E-state index contributed by atoms with van der Waals surface area (Å²) >= 11 is 1.38. The molecular formula is C34H39N5O4S. The van der Waals surface area contributed by atoms with E-state index in [4.69, 9.17) is 0 Å². The summed E-state index contributed by atoms with van der Waals surface area (Å²) in [4.78, 5) is 36.4. The molecule has 1 fully saturated rings. The first-order chi connectivity index (χ1) is 21.5. The van der Waals surface area contributed by atoms with E-state index in [2.05, 4.69) is 27.3 Å². The molecule has 9 nitrogen and oxygen atoms in total. The van der Waals surface area contributed by atoms with Gasteiger partial charge in [0.15, 0.2) is 0 Å². The number of nitrogens with zero attached hydrogens (tertiary/aromatic N) is 4. The quantitative estimate of drug-likeness (QED) is 0.205. The minimum absolute atomic E-state index is 0.121. The predicted molar refractivity (Wildman–Crippen MR) is 173 cm³/mol. The Bertz CT molecular complexity index is 1430. The Morgan fingerprint density at radius 1 is 0.864 bits per heavy atom. The lowest BCUT2D eigenvalue weighted by Gasteiger charge is -2.38. The number of urea groups is 1. The van der Waals surface area contributed by atoms with Crippen molar-refractivity contribution >= 4 is 29.1 Å². The van der Waals surface area contributed by atoms with E-state index in [9.17, 15) is 19.8 Å². The van der Waals surface area contributed by atoms with Gasteiger partial charge in [-0.15, -0.1) is 11.3 Å². The van der Waals surface area contributed by atoms with Gasteiger partial charge in [-0.3, -0.25) is 9.88 Å². The van der Waals surface area contributed by atoms with Gasteiger partial charge in [-0.2, -0.15) is 0 Å². The Kier molecular flexibility index (Phi) is 10.8. The van der Waals surface area contributed by atoms with Crippen molar-refractivity contribution in [2.75, 3.05) is 31.1 Å². The zero-order chi connectivity index (χ0) is 30.7. The molecule has 1 aromatic heterocycles. The van der Waals surface area contributed by atoms with Crippen molar-refractivity contribution in [3.05, 3.63) is 119 Å². The van der Waals surface area contributed by atoms with Gasteiger partial charge in [0.25, 0.3) is 0 Å². The predicted octanol–water partition coefficient (Wildman–Crippen LogP) is 5.13. The molecule has 1 aliphatic heterocycles. The molecule has 3 N–H and O–H groups in total. The van der Waals surface area contributed by atoms with Crippen LogP contribution >= 0.6 is 11.3 Å². The highest BCUT2D eigenvalue weighted by Crippen LogP contribution is 2.22. The number of rotatable bonds is 12. The molecule has 0 saturated carbocycles. The summed E-state index contributed by atoms with van der Waals surface area (Å²) in [5.74, 6) is 0. The molecule has 0 radical (unpaired) electrons. The molecule has 230 valence electrons. The molecule has 0 spiro atoms. The van der Waals surface area contributed by atoms with Crippen molar-refractivity contribution in [1.82, 2.24) is 20.1 Å². The smallest absolute Gasteiger partial charge is 0.407 e. The van der Waals surface area contributed by atoms with E-state index in [0.29, 0.717) is 25.9 Å². The van der Waals surface area contributed by atoms with Crippen molar-refractivity contribution in [3.63, 3.8) is 0 Å². The molecule has 1 saturated heterocycles. The number of carboxylic acid groups (broad SMARTS) is 1. The van der Waals surface area contributed by atoms with Crippen LogP contribution in [0, 0.1) is 0 Å². The summed E-state index contributed by atoms with van der Waals surface area (Å²) in [5, 5.41) is 25.2. The van der Waals surface area contributed by atoms with Crippen LogP contribution in [-0.4, -0.2) is 81.5 Å². The highest BCUT2D eigenvalue weighted by molar-refractivity contribution is 7.09. The number of hydrogen-bond acceptors (Lipinski definition) is 6. The number of aliphatic hydroxyl groups excluding tert-OH is 1. The second-order valence-corrected chi connectivity index (χ2v) is 12.1. The molecule has 2 heterocycles. The Hall–Kier alpha value is -4.41. The summed E-state index contributed by atoms with van der Waals surface area (Å²) in [6.45, 7) is 2.75. The highest BCUT2D eigenvalue weighted by atomic mass is 32.1. The molecule has 1 aliphatic rings. The molecule has 44 heavy (non-hydrogen) atoms. The first-order valence-corrected chi connectivity index (χ1v) is 15.8. The number of benzene rings is 3. The maximum Gasteiger partial charge on any atom is 0.407 e. The van der Waals surface area contributed by atoms with Crippen LogP contribution in [0.4, 0.5) is 15.3 Å². The summed E-state index contributed by atoms with van der Waals surface area (Å²) in [7, 11) is 0. The average Bonchev–Trinajstić information content (AvgIpc) is 3.57. The van der Waals surface area contributed by atoms with Crippen LogP contribution in [0.5, 0.6) is 0 Å². The van der Waals surface area contributed by atoms with Gasteiger partial charge < -0.3 is 25.3 Å². The highest BCUT2D eigenvalue weighted by Gasteiger charge is 2.33. The molecular weight excluding hydrogens is 574 g/mol. The lowest BCUT2D eigenvalue weighted by atomic mass is 9.92. The van der Waals surface area contributed by atoms with Crippen molar-refractivity contribution in [2.45, 2.75) is 44.0 Å². The van der Waals surface area contributed by atoms with Gasteiger partial charge in [0.1, 0.15) is 0 Å². The third-order valence-electron chi connectivity index (χ3n) is 8.05.